The third-order valence-electron chi connectivity index (χ3n) is 6.75. The molecule has 1 amide bonds. The third-order valence-corrected chi connectivity index (χ3v) is 6.75. The number of hydrogen-bond acceptors (Lipinski definition) is 5. The van der Waals surface area contributed by atoms with E-state index in [2.05, 4.69) is 18.7 Å². The molecule has 7 nitrogen and oxygen atoms in total. The predicted molar refractivity (Wildman–Crippen MR) is 139 cm³/mol. The molecule has 0 radical (unpaired) electrons. The number of nitrogens with zero attached hydrogens (tertiary/aromatic N) is 6. The molecule has 1 fully saturated rings. The molecule has 1 saturated heterocycles. The molecule has 2 aromatic carbocycles. The quantitative estimate of drug-likeness (QED) is 0.394. The number of benzene rings is 2. The zero-order chi connectivity index (χ0) is 25.2. The number of amides is 1. The fraction of sp³-hybridized carbons (Fsp3) is 0.357. The Labute approximate surface area is 210 Å². The van der Waals surface area contributed by atoms with Gasteiger partial charge in [0.1, 0.15) is 17.5 Å². The number of carbonyl (C=O) groups is 1. The summed E-state index contributed by atoms with van der Waals surface area (Å²) in [6, 6.07) is 14.2. The zero-order valence-electron chi connectivity index (χ0n) is 21.0. The van der Waals surface area contributed by atoms with Gasteiger partial charge in [-0.1, -0.05) is 26.0 Å². The molecule has 1 aliphatic rings. The highest BCUT2D eigenvalue weighted by Gasteiger charge is 2.27. The van der Waals surface area contributed by atoms with E-state index >= 15 is 0 Å². The second kappa shape index (κ2) is 10.0. The van der Waals surface area contributed by atoms with Gasteiger partial charge in [-0.05, 0) is 61.7 Å². The van der Waals surface area contributed by atoms with Gasteiger partial charge in [-0.25, -0.2) is 19.0 Å². The first-order valence-electron chi connectivity index (χ1n) is 12.6. The molecule has 0 N–H and O–H groups in total. The maximum absolute atomic E-state index is 13.5. The van der Waals surface area contributed by atoms with E-state index in [4.69, 9.17) is 15.1 Å². The van der Waals surface area contributed by atoms with Crippen LogP contribution in [0.2, 0.25) is 0 Å². The smallest absolute Gasteiger partial charge is 0.253 e. The van der Waals surface area contributed by atoms with E-state index in [9.17, 15) is 9.18 Å². The van der Waals surface area contributed by atoms with Crippen molar-refractivity contribution in [3.8, 4) is 5.69 Å². The maximum Gasteiger partial charge on any atom is 0.253 e. The van der Waals surface area contributed by atoms with Crippen LogP contribution in [0.1, 0.15) is 47.7 Å². The lowest BCUT2D eigenvalue weighted by atomic mass is 10.1. The molecule has 0 unspecified atom stereocenters. The normalized spacial score (nSPS) is 14.0. The van der Waals surface area contributed by atoms with Crippen LogP contribution < -0.4 is 4.90 Å². The average Bonchev–Trinajstić information content (AvgIpc) is 3.24. The Morgan fingerprint density at radius 3 is 2.28 bits per heavy atom. The third kappa shape index (κ3) is 4.55. The van der Waals surface area contributed by atoms with Crippen LogP contribution in [0, 0.1) is 12.7 Å². The highest BCUT2D eigenvalue weighted by Crippen LogP contribution is 2.30. The van der Waals surface area contributed by atoms with Crippen LogP contribution >= 0.6 is 0 Å². The van der Waals surface area contributed by atoms with E-state index in [1.54, 1.807) is 16.8 Å². The number of hydrogen-bond donors (Lipinski definition) is 0. The fourth-order valence-corrected chi connectivity index (χ4v) is 4.72. The van der Waals surface area contributed by atoms with E-state index < -0.39 is 0 Å². The fourth-order valence-electron chi connectivity index (χ4n) is 4.72. The molecule has 0 atom stereocenters. The molecule has 3 heterocycles. The molecular formula is C28H31FN6O. The lowest BCUT2D eigenvalue weighted by molar-refractivity contribution is 0.0746. The molecule has 36 heavy (non-hydrogen) atoms. The van der Waals surface area contributed by atoms with Crippen molar-refractivity contribution in [2.45, 2.75) is 40.0 Å². The summed E-state index contributed by atoms with van der Waals surface area (Å²) in [5.74, 6) is 1.39. The van der Waals surface area contributed by atoms with Crippen LogP contribution in [-0.2, 0) is 12.8 Å². The summed E-state index contributed by atoms with van der Waals surface area (Å²) < 4.78 is 15.3. The number of carbonyl (C=O) groups excluding carboxylic acids is 1. The summed E-state index contributed by atoms with van der Waals surface area (Å²) in [7, 11) is 0. The number of aryl methyl sites for hydroxylation is 3. The molecule has 0 aliphatic carbocycles. The predicted octanol–water partition coefficient (Wildman–Crippen LogP) is 4.74. The van der Waals surface area contributed by atoms with E-state index in [-0.39, 0.29) is 11.7 Å². The summed E-state index contributed by atoms with van der Waals surface area (Å²) in [5.41, 5.74) is 4.25. The summed E-state index contributed by atoms with van der Waals surface area (Å²) in [4.78, 5) is 27.0. The molecule has 4 aromatic rings. The van der Waals surface area contributed by atoms with Crippen LogP contribution in [0.4, 0.5) is 10.2 Å². The minimum absolute atomic E-state index is 0.0668. The molecule has 186 valence electrons. The van der Waals surface area contributed by atoms with E-state index in [1.165, 1.54) is 17.7 Å². The van der Waals surface area contributed by atoms with E-state index in [1.807, 2.05) is 36.1 Å². The Bertz CT molecular complexity index is 1370. The molecule has 0 saturated carbocycles. The van der Waals surface area contributed by atoms with Gasteiger partial charge in [0.05, 0.1) is 16.8 Å². The van der Waals surface area contributed by atoms with Gasteiger partial charge in [-0.2, -0.15) is 5.10 Å². The number of rotatable bonds is 6. The van der Waals surface area contributed by atoms with Gasteiger partial charge in [-0.3, -0.25) is 4.79 Å². The van der Waals surface area contributed by atoms with Crippen molar-refractivity contribution < 1.29 is 9.18 Å². The first kappa shape index (κ1) is 23.9. The van der Waals surface area contributed by atoms with Gasteiger partial charge < -0.3 is 9.80 Å². The summed E-state index contributed by atoms with van der Waals surface area (Å²) in [6.45, 7) is 8.76. The van der Waals surface area contributed by atoms with Crippen molar-refractivity contribution in [3.63, 3.8) is 0 Å². The standard InChI is InChI=1S/C28H31FN6O/c1-4-6-24-30-26(25-19(3)32-35(27(25)31-24)23-13-11-22(29)12-14-23)33-15-17-34(18-16-33)28(36)21-9-7-20(5-2)8-10-21/h7-14H,4-6,15-18H2,1-3H3. The van der Waals surface area contributed by atoms with Crippen LogP contribution in [0.3, 0.4) is 0 Å². The van der Waals surface area contributed by atoms with E-state index in [0.717, 1.165) is 58.9 Å². The van der Waals surface area contributed by atoms with Gasteiger partial charge >= 0.3 is 0 Å². The summed E-state index contributed by atoms with van der Waals surface area (Å²) in [6.07, 6.45) is 2.63. The Morgan fingerprint density at radius 1 is 0.944 bits per heavy atom. The molecule has 0 spiro atoms. The van der Waals surface area contributed by atoms with Crippen LogP contribution in [0.25, 0.3) is 16.7 Å². The molecule has 2 aromatic heterocycles. The van der Waals surface area contributed by atoms with Crippen LogP contribution in [0.5, 0.6) is 0 Å². The Hall–Kier alpha value is -3.81. The van der Waals surface area contributed by atoms with Crippen molar-refractivity contribution in [2.24, 2.45) is 0 Å². The molecule has 5 rings (SSSR count). The number of fused-ring (bicyclic) bond motifs is 1. The molecular weight excluding hydrogens is 455 g/mol. The van der Waals surface area contributed by atoms with Crippen molar-refractivity contribution in [1.29, 1.82) is 0 Å². The first-order valence-corrected chi connectivity index (χ1v) is 12.6. The van der Waals surface area contributed by atoms with Gasteiger partial charge in [0.25, 0.3) is 5.91 Å². The van der Waals surface area contributed by atoms with E-state index in [0.29, 0.717) is 26.2 Å². The van der Waals surface area contributed by atoms with Crippen molar-refractivity contribution in [3.05, 3.63) is 77.0 Å². The average molecular weight is 487 g/mol. The second-order valence-electron chi connectivity index (χ2n) is 9.22. The lowest BCUT2D eigenvalue weighted by Crippen LogP contribution is -2.49. The Morgan fingerprint density at radius 2 is 1.64 bits per heavy atom. The minimum atomic E-state index is -0.289. The summed E-state index contributed by atoms with van der Waals surface area (Å²) in [5, 5.41) is 5.64. The number of piperazine rings is 1. The number of anilines is 1. The van der Waals surface area contributed by atoms with Crippen LogP contribution in [0.15, 0.2) is 48.5 Å². The second-order valence-corrected chi connectivity index (χ2v) is 9.22. The Kier molecular flexibility index (Phi) is 6.67. The SMILES string of the molecule is CCCc1nc(N2CCN(C(=O)c3ccc(CC)cc3)CC2)c2c(C)nn(-c3ccc(F)cc3)c2n1. The summed E-state index contributed by atoms with van der Waals surface area (Å²) >= 11 is 0. The van der Waals surface area contributed by atoms with Crippen molar-refractivity contribution in [1.82, 2.24) is 24.6 Å². The molecule has 8 heteroatoms. The molecule has 1 aliphatic heterocycles. The number of halogens is 1. The van der Waals surface area contributed by atoms with Crippen LogP contribution in [-0.4, -0.2) is 56.7 Å². The topological polar surface area (TPSA) is 67.2 Å². The highest BCUT2D eigenvalue weighted by atomic mass is 19.1. The molecule has 0 bridgehead atoms. The highest BCUT2D eigenvalue weighted by molar-refractivity contribution is 5.95. The first-order chi connectivity index (χ1) is 17.5. The maximum atomic E-state index is 13.5. The van der Waals surface area contributed by atoms with Gasteiger partial charge in [0.15, 0.2) is 5.65 Å². The van der Waals surface area contributed by atoms with Crippen molar-refractivity contribution in [2.75, 3.05) is 31.1 Å². The van der Waals surface area contributed by atoms with Gasteiger partial charge in [-0.15, -0.1) is 0 Å². The zero-order valence-corrected chi connectivity index (χ0v) is 21.0. The van der Waals surface area contributed by atoms with Gasteiger partial charge in [0.2, 0.25) is 0 Å². The monoisotopic (exact) mass is 486 g/mol. The Balaban J connectivity index is 1.44. The largest absolute Gasteiger partial charge is 0.352 e. The van der Waals surface area contributed by atoms with Crippen molar-refractivity contribution >= 4 is 22.8 Å². The minimum Gasteiger partial charge on any atom is -0.352 e. The number of aromatic nitrogens is 4. The van der Waals surface area contributed by atoms with Gasteiger partial charge in [0, 0.05) is 38.2 Å². The lowest BCUT2D eigenvalue weighted by Gasteiger charge is -2.36.